The molecule has 1 N–H and O–H groups in total. The molecule has 2 nitrogen and oxygen atoms in total. The van der Waals surface area contributed by atoms with Crippen molar-refractivity contribution in [3.05, 3.63) is 64.7 Å². The summed E-state index contributed by atoms with van der Waals surface area (Å²) in [6, 6.07) is 15.4. The number of halogens is 1. The van der Waals surface area contributed by atoms with E-state index in [1.165, 1.54) is 5.56 Å². The third-order valence-electron chi connectivity index (χ3n) is 2.78. The summed E-state index contributed by atoms with van der Waals surface area (Å²) in [5, 5.41) is 9.69. The summed E-state index contributed by atoms with van der Waals surface area (Å²) in [5.41, 5.74) is 2.21. The molecule has 0 aliphatic heterocycles. The zero-order valence-corrected chi connectivity index (χ0v) is 12.7. The first-order valence-electron chi connectivity index (χ1n) is 6.43. The second-order valence-corrected chi connectivity index (χ2v) is 5.87. The van der Waals surface area contributed by atoms with E-state index in [2.05, 4.69) is 12.1 Å². The average Bonchev–Trinajstić information content (AvgIpc) is 2.49. The van der Waals surface area contributed by atoms with E-state index in [0.717, 1.165) is 27.8 Å². The lowest BCUT2D eigenvalue weighted by Crippen LogP contribution is -2.00. The van der Waals surface area contributed by atoms with Crippen molar-refractivity contribution in [1.29, 1.82) is 0 Å². The first-order valence-corrected chi connectivity index (χ1v) is 7.96. The maximum absolute atomic E-state index is 8.97. The molecular weight excluding hydrogens is 292 g/mol. The molecule has 4 heteroatoms. The van der Waals surface area contributed by atoms with Gasteiger partial charge in [-0.1, -0.05) is 35.9 Å². The second kappa shape index (κ2) is 8.20. The van der Waals surface area contributed by atoms with Gasteiger partial charge in [0.25, 0.3) is 0 Å². The maximum Gasteiger partial charge on any atom is 0.119 e. The number of hydrogen-bond acceptors (Lipinski definition) is 3. The molecule has 0 saturated carbocycles. The Labute approximate surface area is 128 Å². The maximum atomic E-state index is 8.97. The SMILES string of the molecule is OCc1ccc(CSCCOc2ccc(Cl)cc2)cc1. The first-order chi connectivity index (χ1) is 9.78. The van der Waals surface area contributed by atoms with Crippen LogP contribution in [0, 0.1) is 0 Å². The Bertz CT molecular complexity index is 511. The molecule has 0 unspecified atom stereocenters. The van der Waals surface area contributed by atoms with E-state index >= 15 is 0 Å². The molecule has 2 aromatic rings. The number of ether oxygens (including phenoxy) is 1. The minimum Gasteiger partial charge on any atom is -0.493 e. The molecule has 0 fully saturated rings. The van der Waals surface area contributed by atoms with Gasteiger partial charge in [-0.3, -0.25) is 0 Å². The van der Waals surface area contributed by atoms with Crippen LogP contribution in [-0.2, 0) is 12.4 Å². The fourth-order valence-electron chi connectivity index (χ4n) is 1.68. The van der Waals surface area contributed by atoms with E-state index in [0.29, 0.717) is 6.61 Å². The Morgan fingerprint density at radius 1 is 0.950 bits per heavy atom. The highest BCUT2D eigenvalue weighted by atomic mass is 35.5. The minimum atomic E-state index is 0.0996. The van der Waals surface area contributed by atoms with Crippen LogP contribution in [0.25, 0.3) is 0 Å². The Morgan fingerprint density at radius 2 is 1.60 bits per heavy atom. The summed E-state index contributed by atoms with van der Waals surface area (Å²) >= 11 is 7.64. The van der Waals surface area contributed by atoms with Gasteiger partial charge in [-0.2, -0.15) is 11.8 Å². The number of aliphatic hydroxyl groups is 1. The van der Waals surface area contributed by atoms with E-state index in [9.17, 15) is 0 Å². The second-order valence-electron chi connectivity index (χ2n) is 4.33. The van der Waals surface area contributed by atoms with Crippen LogP contribution in [0.4, 0.5) is 0 Å². The number of aliphatic hydroxyl groups excluding tert-OH is 1. The van der Waals surface area contributed by atoms with Gasteiger partial charge in [0.1, 0.15) is 5.75 Å². The van der Waals surface area contributed by atoms with E-state index in [1.54, 1.807) is 0 Å². The summed E-state index contributed by atoms with van der Waals surface area (Å²) in [5.74, 6) is 2.74. The van der Waals surface area contributed by atoms with Gasteiger partial charge in [0.2, 0.25) is 0 Å². The molecule has 0 aliphatic carbocycles. The van der Waals surface area contributed by atoms with Crippen LogP contribution in [0.2, 0.25) is 5.02 Å². The molecule has 0 atom stereocenters. The summed E-state index contributed by atoms with van der Waals surface area (Å²) < 4.78 is 5.62. The van der Waals surface area contributed by atoms with E-state index in [4.69, 9.17) is 21.4 Å². The molecule has 0 aliphatic rings. The van der Waals surface area contributed by atoms with Gasteiger partial charge in [-0.25, -0.2) is 0 Å². The molecular formula is C16H17ClO2S. The average molecular weight is 309 g/mol. The highest BCUT2D eigenvalue weighted by molar-refractivity contribution is 7.98. The van der Waals surface area contributed by atoms with Gasteiger partial charge in [0.05, 0.1) is 13.2 Å². The quantitative estimate of drug-likeness (QED) is 0.779. The van der Waals surface area contributed by atoms with Gasteiger partial charge in [0.15, 0.2) is 0 Å². The van der Waals surface area contributed by atoms with Crippen LogP contribution < -0.4 is 4.74 Å². The van der Waals surface area contributed by atoms with Crippen LogP contribution in [0.5, 0.6) is 5.75 Å². The molecule has 0 radical (unpaired) electrons. The Morgan fingerprint density at radius 3 is 2.25 bits per heavy atom. The van der Waals surface area contributed by atoms with Crippen molar-refractivity contribution in [1.82, 2.24) is 0 Å². The number of thioether (sulfide) groups is 1. The van der Waals surface area contributed by atoms with Crippen molar-refractivity contribution in [3.63, 3.8) is 0 Å². The zero-order chi connectivity index (χ0) is 14.2. The standard InChI is InChI=1S/C16H17ClO2S/c17-15-5-7-16(8-6-15)19-9-10-20-12-14-3-1-13(11-18)2-4-14/h1-8,18H,9-12H2. The lowest BCUT2D eigenvalue weighted by Gasteiger charge is -2.06. The van der Waals surface area contributed by atoms with Gasteiger partial charge in [-0.15, -0.1) is 0 Å². The van der Waals surface area contributed by atoms with Crippen LogP contribution >= 0.6 is 23.4 Å². The normalized spacial score (nSPS) is 10.5. The van der Waals surface area contributed by atoms with Gasteiger partial charge in [0, 0.05) is 16.5 Å². The van der Waals surface area contributed by atoms with Crippen LogP contribution in [0.1, 0.15) is 11.1 Å². The predicted molar refractivity (Wildman–Crippen MR) is 85.5 cm³/mol. The summed E-state index contributed by atoms with van der Waals surface area (Å²) in [7, 11) is 0. The molecule has 0 amide bonds. The Hall–Kier alpha value is -1.16. The molecule has 0 spiro atoms. The van der Waals surface area contributed by atoms with Gasteiger partial charge in [-0.05, 0) is 35.4 Å². The molecule has 0 bridgehead atoms. The van der Waals surface area contributed by atoms with E-state index < -0.39 is 0 Å². The third kappa shape index (κ3) is 5.08. The highest BCUT2D eigenvalue weighted by Crippen LogP contribution is 2.17. The molecule has 0 aromatic heterocycles. The van der Waals surface area contributed by atoms with Crippen molar-refractivity contribution in [2.45, 2.75) is 12.4 Å². The third-order valence-corrected chi connectivity index (χ3v) is 4.03. The monoisotopic (exact) mass is 308 g/mol. The lowest BCUT2D eigenvalue weighted by molar-refractivity contribution is 0.282. The van der Waals surface area contributed by atoms with Crippen molar-refractivity contribution in [3.8, 4) is 5.75 Å². The van der Waals surface area contributed by atoms with Crippen molar-refractivity contribution in [2.24, 2.45) is 0 Å². The van der Waals surface area contributed by atoms with Crippen molar-refractivity contribution < 1.29 is 9.84 Å². The molecule has 2 aromatic carbocycles. The minimum absolute atomic E-state index is 0.0996. The van der Waals surface area contributed by atoms with Crippen LogP contribution in [0.3, 0.4) is 0 Å². The summed E-state index contributed by atoms with van der Waals surface area (Å²) in [6.07, 6.45) is 0. The predicted octanol–water partition coefficient (Wildman–Crippen LogP) is 4.14. The van der Waals surface area contributed by atoms with Crippen molar-refractivity contribution in [2.75, 3.05) is 12.4 Å². The Balaban J connectivity index is 1.64. The zero-order valence-electron chi connectivity index (χ0n) is 11.1. The fraction of sp³-hybridized carbons (Fsp3) is 0.250. The number of hydrogen-bond donors (Lipinski definition) is 1. The number of benzene rings is 2. The topological polar surface area (TPSA) is 29.5 Å². The molecule has 0 saturated heterocycles. The summed E-state index contributed by atoms with van der Waals surface area (Å²) in [4.78, 5) is 0. The molecule has 2 rings (SSSR count). The van der Waals surface area contributed by atoms with Crippen LogP contribution in [-0.4, -0.2) is 17.5 Å². The number of rotatable bonds is 7. The van der Waals surface area contributed by atoms with Gasteiger partial charge < -0.3 is 9.84 Å². The molecule has 0 heterocycles. The van der Waals surface area contributed by atoms with Crippen LogP contribution in [0.15, 0.2) is 48.5 Å². The van der Waals surface area contributed by atoms with Crippen molar-refractivity contribution >= 4 is 23.4 Å². The smallest absolute Gasteiger partial charge is 0.119 e. The highest BCUT2D eigenvalue weighted by Gasteiger charge is 1.97. The summed E-state index contributed by atoms with van der Waals surface area (Å²) in [6.45, 7) is 0.781. The molecule has 106 valence electrons. The first kappa shape index (κ1) is 15.2. The van der Waals surface area contributed by atoms with E-state index in [-0.39, 0.29) is 6.61 Å². The van der Waals surface area contributed by atoms with E-state index in [1.807, 2.05) is 48.2 Å². The largest absolute Gasteiger partial charge is 0.493 e. The fourth-order valence-corrected chi connectivity index (χ4v) is 2.58. The lowest BCUT2D eigenvalue weighted by atomic mass is 10.2. The Kier molecular flexibility index (Phi) is 6.25. The molecule has 20 heavy (non-hydrogen) atoms. The van der Waals surface area contributed by atoms with Gasteiger partial charge >= 0.3 is 0 Å².